The zero-order chi connectivity index (χ0) is 15.0. The maximum atomic E-state index is 12.2. The highest BCUT2D eigenvalue weighted by Gasteiger charge is 2.21. The number of hydrogen-bond acceptors (Lipinski definition) is 6. The topological polar surface area (TPSA) is 75.9 Å². The zero-order valence-electron chi connectivity index (χ0n) is 12.7. The van der Waals surface area contributed by atoms with Crippen LogP contribution in [0.2, 0.25) is 0 Å². The van der Waals surface area contributed by atoms with Crippen LogP contribution in [0.1, 0.15) is 27.7 Å². The van der Waals surface area contributed by atoms with E-state index >= 15 is 0 Å². The van der Waals surface area contributed by atoms with Gasteiger partial charge in [-0.15, -0.1) is 5.10 Å². The van der Waals surface area contributed by atoms with Crippen molar-refractivity contribution in [3.63, 3.8) is 0 Å². The molecule has 1 unspecified atom stereocenters. The summed E-state index contributed by atoms with van der Waals surface area (Å²) in [6.45, 7) is 11.8. The van der Waals surface area contributed by atoms with Crippen molar-refractivity contribution in [3.8, 4) is 0 Å². The van der Waals surface area contributed by atoms with Crippen molar-refractivity contribution >= 4 is 17.7 Å². The summed E-state index contributed by atoms with van der Waals surface area (Å²) in [5.41, 5.74) is 0. The number of carbonyl (C=O) groups excluding carboxylic acids is 1. The minimum atomic E-state index is -0.182. The van der Waals surface area contributed by atoms with Crippen molar-refractivity contribution < 1.29 is 4.79 Å². The van der Waals surface area contributed by atoms with Crippen LogP contribution in [0.5, 0.6) is 0 Å². The molecule has 0 saturated carbocycles. The number of thioether (sulfide) groups is 1. The van der Waals surface area contributed by atoms with Crippen molar-refractivity contribution in [2.75, 3.05) is 26.2 Å². The Morgan fingerprint density at radius 3 is 2.70 bits per heavy atom. The molecule has 0 aliphatic carbocycles. The molecule has 0 saturated heterocycles. The number of rotatable bonds is 9. The molecule has 20 heavy (non-hydrogen) atoms. The summed E-state index contributed by atoms with van der Waals surface area (Å²) in [5, 5.41) is 15.4. The van der Waals surface area contributed by atoms with Crippen LogP contribution >= 0.6 is 11.8 Å². The maximum absolute atomic E-state index is 12.2. The Labute approximate surface area is 124 Å². The predicted molar refractivity (Wildman–Crippen MR) is 79.6 cm³/mol. The van der Waals surface area contributed by atoms with E-state index in [0.717, 1.165) is 26.2 Å². The van der Waals surface area contributed by atoms with Gasteiger partial charge >= 0.3 is 0 Å². The van der Waals surface area contributed by atoms with Gasteiger partial charge in [-0.05, 0) is 37.7 Å². The van der Waals surface area contributed by atoms with Crippen LogP contribution in [0.4, 0.5) is 0 Å². The fraction of sp³-hybridized carbons (Fsp3) is 0.833. The monoisotopic (exact) mass is 300 g/mol. The molecule has 0 aliphatic heterocycles. The van der Waals surface area contributed by atoms with Crippen molar-refractivity contribution in [2.45, 2.75) is 44.6 Å². The Hall–Kier alpha value is -1.15. The number of amides is 1. The normalized spacial score (nSPS) is 12.4. The number of nitrogens with one attached hydrogen (secondary N) is 1. The first-order valence-corrected chi connectivity index (χ1v) is 7.94. The summed E-state index contributed by atoms with van der Waals surface area (Å²) in [4.78, 5) is 14.0. The zero-order valence-corrected chi connectivity index (χ0v) is 13.5. The lowest BCUT2D eigenvalue weighted by atomic mass is 10.4. The number of likely N-dealkylation sites (N-methyl/N-ethyl adjacent to an activating group) is 1. The molecule has 0 spiro atoms. The summed E-state index contributed by atoms with van der Waals surface area (Å²) < 4.78 is 1.74. The molecule has 1 rings (SSSR count). The molecule has 1 aromatic heterocycles. The third-order valence-electron chi connectivity index (χ3n) is 2.95. The lowest BCUT2D eigenvalue weighted by Gasteiger charge is -2.22. The smallest absolute Gasteiger partial charge is 0.235 e. The van der Waals surface area contributed by atoms with Crippen LogP contribution in [0.25, 0.3) is 0 Å². The van der Waals surface area contributed by atoms with E-state index in [-0.39, 0.29) is 11.2 Å². The lowest BCUT2D eigenvalue weighted by molar-refractivity contribution is -0.129. The molecule has 1 atom stereocenters. The first kappa shape index (κ1) is 16.9. The second-order valence-corrected chi connectivity index (χ2v) is 5.62. The average Bonchev–Trinajstić information content (AvgIpc) is 2.87. The van der Waals surface area contributed by atoms with E-state index in [0.29, 0.717) is 11.7 Å². The Balaban J connectivity index is 2.59. The molecule has 8 heteroatoms. The molecule has 0 fully saturated rings. The lowest BCUT2D eigenvalue weighted by Crippen LogP contribution is -2.36. The maximum Gasteiger partial charge on any atom is 0.235 e. The third kappa shape index (κ3) is 4.75. The second-order valence-electron chi connectivity index (χ2n) is 4.31. The molecule has 1 aromatic rings. The van der Waals surface area contributed by atoms with Gasteiger partial charge in [0.25, 0.3) is 0 Å². The Kier molecular flexibility index (Phi) is 7.53. The standard InChI is InChI=1S/C12H24N6OS/c1-5-13-8-9-18-12(14-15-16-18)20-10(4)11(19)17(6-2)7-3/h10,13H,5-9H2,1-4H3. The summed E-state index contributed by atoms with van der Waals surface area (Å²) in [7, 11) is 0. The summed E-state index contributed by atoms with van der Waals surface area (Å²) >= 11 is 1.41. The van der Waals surface area contributed by atoms with Gasteiger partial charge in [-0.2, -0.15) is 0 Å². The van der Waals surface area contributed by atoms with Gasteiger partial charge in [-0.1, -0.05) is 18.7 Å². The largest absolute Gasteiger partial charge is 0.342 e. The van der Waals surface area contributed by atoms with Gasteiger partial charge in [-0.3, -0.25) is 4.79 Å². The second kappa shape index (κ2) is 8.91. The Bertz CT molecular complexity index is 406. The van der Waals surface area contributed by atoms with Gasteiger partial charge in [0.2, 0.25) is 11.1 Å². The number of nitrogens with zero attached hydrogens (tertiary/aromatic N) is 5. The van der Waals surface area contributed by atoms with Crippen LogP contribution < -0.4 is 5.32 Å². The molecule has 0 aromatic carbocycles. The van der Waals surface area contributed by atoms with Gasteiger partial charge < -0.3 is 10.2 Å². The first-order chi connectivity index (χ1) is 9.63. The van der Waals surface area contributed by atoms with E-state index in [1.807, 2.05) is 25.7 Å². The molecule has 0 radical (unpaired) electrons. The molecular weight excluding hydrogens is 276 g/mol. The summed E-state index contributed by atoms with van der Waals surface area (Å²) in [6, 6.07) is 0. The first-order valence-electron chi connectivity index (χ1n) is 7.06. The van der Waals surface area contributed by atoms with E-state index in [9.17, 15) is 4.79 Å². The number of tetrazole rings is 1. The van der Waals surface area contributed by atoms with Crippen LogP contribution in [0, 0.1) is 0 Å². The molecule has 1 heterocycles. The quantitative estimate of drug-likeness (QED) is 0.532. The van der Waals surface area contributed by atoms with E-state index in [1.54, 1.807) is 4.68 Å². The minimum Gasteiger partial charge on any atom is -0.342 e. The van der Waals surface area contributed by atoms with E-state index in [4.69, 9.17) is 0 Å². The van der Waals surface area contributed by atoms with Crippen LogP contribution in [0.15, 0.2) is 5.16 Å². The Morgan fingerprint density at radius 1 is 1.40 bits per heavy atom. The van der Waals surface area contributed by atoms with E-state index < -0.39 is 0 Å². The third-order valence-corrected chi connectivity index (χ3v) is 4.01. The van der Waals surface area contributed by atoms with Crippen molar-refractivity contribution in [2.24, 2.45) is 0 Å². The molecule has 0 aliphatic rings. The van der Waals surface area contributed by atoms with Gasteiger partial charge in [0.05, 0.1) is 11.8 Å². The Morgan fingerprint density at radius 2 is 2.10 bits per heavy atom. The molecular formula is C12H24N6OS. The van der Waals surface area contributed by atoms with Crippen molar-refractivity contribution in [1.29, 1.82) is 0 Å². The fourth-order valence-electron chi connectivity index (χ4n) is 1.78. The van der Waals surface area contributed by atoms with Crippen molar-refractivity contribution in [3.05, 3.63) is 0 Å². The van der Waals surface area contributed by atoms with E-state index in [2.05, 4.69) is 27.8 Å². The number of carbonyl (C=O) groups is 1. The van der Waals surface area contributed by atoms with Crippen LogP contribution in [-0.2, 0) is 11.3 Å². The van der Waals surface area contributed by atoms with Gasteiger partial charge in [0, 0.05) is 19.6 Å². The van der Waals surface area contributed by atoms with E-state index in [1.165, 1.54) is 11.8 Å². The average molecular weight is 300 g/mol. The van der Waals surface area contributed by atoms with Crippen LogP contribution in [-0.4, -0.2) is 62.4 Å². The fourth-order valence-corrected chi connectivity index (χ4v) is 2.68. The molecule has 1 amide bonds. The summed E-state index contributed by atoms with van der Waals surface area (Å²) in [6.07, 6.45) is 0. The highest BCUT2D eigenvalue weighted by atomic mass is 32.2. The minimum absolute atomic E-state index is 0.126. The SMILES string of the molecule is CCNCCn1nnnc1SC(C)C(=O)N(CC)CC. The number of aromatic nitrogens is 4. The van der Waals surface area contributed by atoms with Crippen molar-refractivity contribution in [1.82, 2.24) is 30.4 Å². The van der Waals surface area contributed by atoms with Gasteiger partial charge in [-0.25, -0.2) is 4.68 Å². The van der Waals surface area contributed by atoms with Gasteiger partial charge in [0.1, 0.15) is 0 Å². The van der Waals surface area contributed by atoms with Crippen LogP contribution in [0.3, 0.4) is 0 Å². The predicted octanol–water partition coefficient (Wildman–Crippen LogP) is 0.632. The molecule has 0 bridgehead atoms. The van der Waals surface area contributed by atoms with Gasteiger partial charge in [0.15, 0.2) is 0 Å². The molecule has 1 N–H and O–H groups in total. The molecule has 114 valence electrons. The highest BCUT2D eigenvalue weighted by Crippen LogP contribution is 2.21. The molecule has 7 nitrogen and oxygen atoms in total. The number of hydrogen-bond donors (Lipinski definition) is 1. The summed E-state index contributed by atoms with van der Waals surface area (Å²) in [5.74, 6) is 0.126. The highest BCUT2D eigenvalue weighted by molar-refractivity contribution is 8.00.